The second-order valence-corrected chi connectivity index (χ2v) is 6.89. The van der Waals surface area contributed by atoms with Gasteiger partial charge < -0.3 is 14.7 Å². The first-order chi connectivity index (χ1) is 11.4. The van der Waals surface area contributed by atoms with Crippen molar-refractivity contribution in [1.29, 1.82) is 0 Å². The van der Waals surface area contributed by atoms with E-state index in [0.29, 0.717) is 38.1 Å². The molecular formula is C17H19ClFNO4. The zero-order valence-electron chi connectivity index (χ0n) is 13.1. The highest BCUT2D eigenvalue weighted by Gasteiger charge is 2.47. The van der Waals surface area contributed by atoms with Gasteiger partial charge in [-0.1, -0.05) is 24.1 Å². The van der Waals surface area contributed by atoms with Gasteiger partial charge in [-0.15, -0.1) is 0 Å². The largest absolute Gasteiger partial charge is 0.481 e. The van der Waals surface area contributed by atoms with Crippen LogP contribution in [0.2, 0.25) is 5.02 Å². The molecule has 5 nitrogen and oxygen atoms in total. The summed E-state index contributed by atoms with van der Waals surface area (Å²) < 4.78 is 18.8. The molecule has 1 aromatic carbocycles. The molecule has 1 saturated heterocycles. The van der Waals surface area contributed by atoms with Gasteiger partial charge in [0.15, 0.2) is 0 Å². The fraction of sp³-hybridized carbons (Fsp3) is 0.529. The van der Waals surface area contributed by atoms with E-state index in [4.69, 9.17) is 16.3 Å². The summed E-state index contributed by atoms with van der Waals surface area (Å²) in [4.78, 5) is 25.6. The Morgan fingerprint density at radius 1 is 1.42 bits per heavy atom. The van der Waals surface area contributed by atoms with Crippen molar-refractivity contribution in [3.05, 3.63) is 34.6 Å². The number of hydrogen-bond donors (Lipinski definition) is 1. The van der Waals surface area contributed by atoms with Crippen molar-refractivity contribution < 1.29 is 23.8 Å². The van der Waals surface area contributed by atoms with E-state index in [1.807, 2.05) is 0 Å². The molecule has 3 rings (SSSR count). The van der Waals surface area contributed by atoms with Crippen LogP contribution in [-0.4, -0.2) is 41.6 Å². The maximum Gasteiger partial charge on any atom is 0.310 e. The first-order valence-corrected chi connectivity index (χ1v) is 8.37. The van der Waals surface area contributed by atoms with Crippen LogP contribution in [0.5, 0.6) is 0 Å². The van der Waals surface area contributed by atoms with Gasteiger partial charge in [0.05, 0.1) is 18.6 Å². The molecule has 24 heavy (non-hydrogen) atoms. The van der Waals surface area contributed by atoms with Gasteiger partial charge in [-0.05, 0) is 25.0 Å². The molecule has 1 aromatic rings. The standard InChI is InChI=1S/C17H19ClFNO4/c18-13-8-11(19)2-3-12(13)14-10-20(6-7-24-14)15(21)9-17(16(22)23)4-1-5-17/h2-3,8,14H,1,4-7,9-10H2,(H,22,23). The number of carbonyl (C=O) groups excluding carboxylic acids is 1. The summed E-state index contributed by atoms with van der Waals surface area (Å²) >= 11 is 6.07. The average molecular weight is 356 g/mol. The molecule has 1 atom stereocenters. The first kappa shape index (κ1) is 17.2. The number of morpholine rings is 1. The lowest BCUT2D eigenvalue weighted by atomic mass is 9.66. The third kappa shape index (κ3) is 3.26. The smallest absolute Gasteiger partial charge is 0.310 e. The second-order valence-electron chi connectivity index (χ2n) is 6.48. The molecule has 0 radical (unpaired) electrons. The molecule has 0 spiro atoms. The Labute approximate surface area is 144 Å². The van der Waals surface area contributed by atoms with E-state index in [2.05, 4.69) is 0 Å². The third-order valence-corrected chi connectivity index (χ3v) is 5.31. The summed E-state index contributed by atoms with van der Waals surface area (Å²) in [7, 11) is 0. The lowest BCUT2D eigenvalue weighted by molar-refractivity contribution is -0.161. The fourth-order valence-electron chi connectivity index (χ4n) is 3.30. The summed E-state index contributed by atoms with van der Waals surface area (Å²) in [6.45, 7) is 1.05. The summed E-state index contributed by atoms with van der Waals surface area (Å²) in [5.74, 6) is -1.50. The Hall–Kier alpha value is -1.66. The topological polar surface area (TPSA) is 66.8 Å². The molecule has 1 unspecified atom stereocenters. The normalized spacial score (nSPS) is 22.8. The van der Waals surface area contributed by atoms with Gasteiger partial charge >= 0.3 is 5.97 Å². The number of hydrogen-bond acceptors (Lipinski definition) is 3. The lowest BCUT2D eigenvalue weighted by Crippen LogP contribution is -2.47. The average Bonchev–Trinajstić information content (AvgIpc) is 2.50. The van der Waals surface area contributed by atoms with Crippen LogP contribution in [0.15, 0.2) is 18.2 Å². The van der Waals surface area contributed by atoms with Gasteiger partial charge in [-0.25, -0.2) is 4.39 Å². The first-order valence-electron chi connectivity index (χ1n) is 7.99. The van der Waals surface area contributed by atoms with E-state index < -0.39 is 23.3 Å². The van der Waals surface area contributed by atoms with Crippen LogP contribution in [0.3, 0.4) is 0 Å². The van der Waals surface area contributed by atoms with Crippen molar-refractivity contribution >= 4 is 23.5 Å². The van der Waals surface area contributed by atoms with Crippen LogP contribution >= 0.6 is 11.6 Å². The molecule has 0 aromatic heterocycles. The van der Waals surface area contributed by atoms with Crippen LogP contribution in [0.25, 0.3) is 0 Å². The van der Waals surface area contributed by atoms with Crippen molar-refractivity contribution in [1.82, 2.24) is 4.90 Å². The number of amides is 1. The summed E-state index contributed by atoms with van der Waals surface area (Å²) in [6.07, 6.45) is 1.53. The molecule has 0 bridgehead atoms. The van der Waals surface area contributed by atoms with E-state index in [1.165, 1.54) is 12.1 Å². The van der Waals surface area contributed by atoms with Gasteiger partial charge in [-0.3, -0.25) is 9.59 Å². The second kappa shape index (κ2) is 6.69. The maximum absolute atomic E-state index is 13.2. The molecule has 1 heterocycles. The zero-order chi connectivity index (χ0) is 17.3. The van der Waals surface area contributed by atoms with Gasteiger partial charge in [-0.2, -0.15) is 0 Å². The molecular weight excluding hydrogens is 337 g/mol. The molecule has 1 amide bonds. The van der Waals surface area contributed by atoms with Crippen molar-refractivity contribution in [3.8, 4) is 0 Å². The highest BCUT2D eigenvalue weighted by atomic mass is 35.5. The Bertz CT molecular complexity index is 662. The van der Waals surface area contributed by atoms with Crippen LogP contribution < -0.4 is 0 Å². The van der Waals surface area contributed by atoms with E-state index in [-0.39, 0.29) is 17.4 Å². The van der Waals surface area contributed by atoms with Gasteiger partial charge in [0.2, 0.25) is 5.91 Å². The van der Waals surface area contributed by atoms with Crippen molar-refractivity contribution in [2.75, 3.05) is 19.7 Å². The lowest BCUT2D eigenvalue weighted by Gasteiger charge is -2.40. The number of aliphatic carboxylic acids is 1. The highest BCUT2D eigenvalue weighted by molar-refractivity contribution is 6.31. The number of halogens is 2. The zero-order valence-corrected chi connectivity index (χ0v) is 13.9. The number of ether oxygens (including phenoxy) is 1. The quantitative estimate of drug-likeness (QED) is 0.901. The van der Waals surface area contributed by atoms with Gasteiger partial charge in [0.1, 0.15) is 11.9 Å². The van der Waals surface area contributed by atoms with E-state index in [9.17, 15) is 19.1 Å². The summed E-state index contributed by atoms with van der Waals surface area (Å²) in [6, 6.07) is 4.08. The molecule has 2 fully saturated rings. The number of carboxylic acids is 1. The Morgan fingerprint density at radius 2 is 2.17 bits per heavy atom. The van der Waals surface area contributed by atoms with E-state index in [1.54, 1.807) is 11.0 Å². The van der Waals surface area contributed by atoms with Crippen molar-refractivity contribution in [3.63, 3.8) is 0 Å². The number of benzene rings is 1. The molecule has 1 N–H and O–H groups in total. The number of nitrogens with zero attached hydrogens (tertiary/aromatic N) is 1. The van der Waals surface area contributed by atoms with E-state index >= 15 is 0 Å². The minimum atomic E-state index is -0.904. The SMILES string of the molecule is O=C(CC1(C(=O)O)CCC1)N1CCOC(c2ccc(F)cc2Cl)C1. The summed E-state index contributed by atoms with van der Waals surface area (Å²) in [5, 5.41) is 9.63. The molecule has 1 aliphatic carbocycles. The van der Waals surface area contributed by atoms with Crippen molar-refractivity contribution in [2.24, 2.45) is 5.41 Å². The number of carbonyl (C=O) groups is 2. The third-order valence-electron chi connectivity index (χ3n) is 4.98. The van der Waals surface area contributed by atoms with Crippen LogP contribution in [0.4, 0.5) is 4.39 Å². The van der Waals surface area contributed by atoms with E-state index in [0.717, 1.165) is 6.42 Å². The van der Waals surface area contributed by atoms with Gasteiger partial charge in [0, 0.05) is 23.6 Å². The number of carboxylic acid groups (broad SMARTS) is 1. The minimum Gasteiger partial charge on any atom is -0.481 e. The monoisotopic (exact) mass is 355 g/mol. The van der Waals surface area contributed by atoms with Crippen LogP contribution in [-0.2, 0) is 14.3 Å². The number of rotatable bonds is 4. The maximum atomic E-state index is 13.2. The molecule has 130 valence electrons. The molecule has 1 saturated carbocycles. The minimum absolute atomic E-state index is 0.0200. The predicted octanol–water partition coefficient (Wildman–Crippen LogP) is 3.02. The Balaban J connectivity index is 1.69. The molecule has 1 aliphatic heterocycles. The van der Waals surface area contributed by atoms with Gasteiger partial charge in [0.25, 0.3) is 0 Å². The van der Waals surface area contributed by atoms with Crippen LogP contribution in [0.1, 0.15) is 37.4 Å². The summed E-state index contributed by atoms with van der Waals surface area (Å²) in [5.41, 5.74) is -0.273. The molecule has 7 heteroatoms. The molecule has 2 aliphatic rings. The predicted molar refractivity (Wildman–Crippen MR) is 85.2 cm³/mol. The Morgan fingerprint density at radius 3 is 2.75 bits per heavy atom. The fourth-order valence-corrected chi connectivity index (χ4v) is 3.59. The van der Waals surface area contributed by atoms with Crippen LogP contribution in [0, 0.1) is 11.2 Å². The Kier molecular flexibility index (Phi) is 4.78. The van der Waals surface area contributed by atoms with Crippen molar-refractivity contribution in [2.45, 2.75) is 31.8 Å². The highest BCUT2D eigenvalue weighted by Crippen LogP contribution is 2.44.